The molecule has 2 fully saturated rings. The summed E-state index contributed by atoms with van der Waals surface area (Å²) in [7, 11) is -7.40. The molecule has 2 saturated heterocycles. The molecule has 162 valence electrons. The predicted molar refractivity (Wildman–Crippen MR) is 115 cm³/mol. The van der Waals surface area contributed by atoms with Crippen LogP contribution in [0.2, 0.25) is 0 Å². The second-order valence-electron chi connectivity index (χ2n) is 7.39. The number of sulfone groups is 2. The van der Waals surface area contributed by atoms with Gasteiger partial charge in [-0.1, -0.05) is 0 Å². The highest BCUT2D eigenvalue weighted by molar-refractivity contribution is 7.93. The Bertz CT molecular complexity index is 1130. The number of hydrogen-bond acceptors (Lipinski definition) is 8. The molecule has 0 bridgehead atoms. The van der Waals surface area contributed by atoms with E-state index in [-0.39, 0.29) is 13.1 Å². The average Bonchev–Trinajstić information content (AvgIpc) is 3.32. The van der Waals surface area contributed by atoms with Gasteiger partial charge in [0.15, 0.2) is 30.4 Å². The van der Waals surface area contributed by atoms with Gasteiger partial charge in [0.1, 0.15) is 11.5 Å². The molecule has 4 heterocycles. The van der Waals surface area contributed by atoms with Gasteiger partial charge < -0.3 is 9.80 Å². The maximum Gasteiger partial charge on any atom is 0.239 e. The fourth-order valence-electron chi connectivity index (χ4n) is 3.85. The standard InChI is InChI=1S/C18H20N2O6S4/c1-11-3-5-13(27-11)17-19(15(21)9-29(17,23)24)7-8-20-16(22)10-30(25,26)18(20)14-6-4-12(2)28-14/h3-6,17-18H,7-10H2,1-2H3/t17-,18+. The van der Waals surface area contributed by atoms with Crippen molar-refractivity contribution in [3.05, 3.63) is 43.8 Å². The first-order valence-corrected chi connectivity index (χ1v) is 14.2. The van der Waals surface area contributed by atoms with E-state index in [4.69, 9.17) is 0 Å². The summed E-state index contributed by atoms with van der Waals surface area (Å²) in [6, 6.07) is 6.97. The van der Waals surface area contributed by atoms with Crippen LogP contribution in [0.25, 0.3) is 0 Å². The first kappa shape index (κ1) is 21.5. The van der Waals surface area contributed by atoms with Crippen LogP contribution in [0.4, 0.5) is 0 Å². The number of aryl methyl sites for hydroxylation is 2. The van der Waals surface area contributed by atoms with E-state index < -0.39 is 53.7 Å². The minimum Gasteiger partial charge on any atom is -0.319 e. The molecular formula is C18H20N2O6S4. The third kappa shape index (κ3) is 3.70. The summed E-state index contributed by atoms with van der Waals surface area (Å²) < 4.78 is 50.5. The molecule has 0 spiro atoms. The molecule has 8 nitrogen and oxygen atoms in total. The normalized spacial score (nSPS) is 25.4. The minimum absolute atomic E-state index is 0.0538. The maximum absolute atomic E-state index is 12.6. The number of amides is 2. The van der Waals surface area contributed by atoms with Crippen LogP contribution in [-0.4, -0.2) is 63.0 Å². The number of hydrogen-bond donors (Lipinski definition) is 0. The third-order valence-electron chi connectivity index (χ3n) is 5.13. The van der Waals surface area contributed by atoms with Crippen LogP contribution in [0.15, 0.2) is 24.3 Å². The number of nitrogens with zero attached hydrogens (tertiary/aromatic N) is 2. The van der Waals surface area contributed by atoms with Crippen LogP contribution >= 0.6 is 22.7 Å². The largest absolute Gasteiger partial charge is 0.319 e. The Morgan fingerprint density at radius 2 is 1.13 bits per heavy atom. The summed E-state index contributed by atoms with van der Waals surface area (Å²) in [5.41, 5.74) is 0. The molecule has 12 heteroatoms. The van der Waals surface area contributed by atoms with E-state index >= 15 is 0 Å². The Kier molecular flexibility index (Phi) is 5.32. The molecule has 30 heavy (non-hydrogen) atoms. The smallest absolute Gasteiger partial charge is 0.239 e. The molecule has 0 radical (unpaired) electrons. The molecular weight excluding hydrogens is 468 g/mol. The highest BCUT2D eigenvalue weighted by atomic mass is 32.2. The molecule has 2 atom stereocenters. The fourth-order valence-corrected chi connectivity index (χ4v) is 10.2. The fraction of sp³-hybridized carbons (Fsp3) is 0.444. The van der Waals surface area contributed by atoms with Gasteiger partial charge in [-0.15, -0.1) is 22.7 Å². The lowest BCUT2D eigenvalue weighted by Gasteiger charge is -2.28. The monoisotopic (exact) mass is 488 g/mol. The highest BCUT2D eigenvalue weighted by Crippen LogP contribution is 2.39. The second-order valence-corrected chi connectivity index (χ2v) is 14.2. The van der Waals surface area contributed by atoms with Crippen LogP contribution in [0.5, 0.6) is 0 Å². The van der Waals surface area contributed by atoms with E-state index in [0.29, 0.717) is 9.75 Å². The van der Waals surface area contributed by atoms with Gasteiger partial charge in [0.2, 0.25) is 11.8 Å². The number of rotatable bonds is 5. The number of thiophene rings is 2. The minimum atomic E-state index is -3.70. The van der Waals surface area contributed by atoms with Gasteiger partial charge in [-0.05, 0) is 38.1 Å². The summed E-state index contributed by atoms with van der Waals surface area (Å²) in [4.78, 5) is 30.4. The molecule has 4 rings (SSSR count). The molecule has 2 aliphatic rings. The van der Waals surface area contributed by atoms with E-state index in [0.717, 1.165) is 9.75 Å². The topological polar surface area (TPSA) is 109 Å². The predicted octanol–water partition coefficient (Wildman–Crippen LogP) is 1.64. The highest BCUT2D eigenvalue weighted by Gasteiger charge is 2.48. The average molecular weight is 489 g/mol. The molecule has 0 aromatic carbocycles. The van der Waals surface area contributed by atoms with Crippen LogP contribution in [-0.2, 0) is 29.3 Å². The molecule has 2 aromatic rings. The Balaban J connectivity index is 1.62. The SMILES string of the molecule is Cc1ccc([C@@H]2N(CCN3C(=O)CS(=O)(=O)[C@H]3c3ccc(C)s3)C(=O)CS2(=O)=O)s1. The Morgan fingerprint density at radius 1 is 0.767 bits per heavy atom. The van der Waals surface area contributed by atoms with Crippen molar-refractivity contribution in [2.45, 2.75) is 24.6 Å². The van der Waals surface area contributed by atoms with E-state index in [1.165, 1.54) is 32.5 Å². The Labute approximate surface area is 183 Å². The van der Waals surface area contributed by atoms with Gasteiger partial charge in [0.05, 0.1) is 0 Å². The quantitative estimate of drug-likeness (QED) is 0.633. The lowest BCUT2D eigenvalue weighted by molar-refractivity contribution is -0.132. The molecule has 0 saturated carbocycles. The van der Waals surface area contributed by atoms with E-state index in [1.54, 1.807) is 24.3 Å². The van der Waals surface area contributed by atoms with Crippen LogP contribution in [0, 0.1) is 13.8 Å². The zero-order valence-corrected chi connectivity index (χ0v) is 19.5. The van der Waals surface area contributed by atoms with Crippen molar-refractivity contribution >= 4 is 54.2 Å². The molecule has 0 unspecified atom stereocenters. The molecule has 0 N–H and O–H groups in total. The van der Waals surface area contributed by atoms with Gasteiger partial charge >= 0.3 is 0 Å². The summed E-state index contributed by atoms with van der Waals surface area (Å²) in [6.07, 6.45) is 0. The van der Waals surface area contributed by atoms with E-state index in [2.05, 4.69) is 0 Å². The molecule has 2 amide bonds. The first-order chi connectivity index (χ1) is 14.0. The lowest BCUT2D eigenvalue weighted by Crippen LogP contribution is -2.39. The van der Waals surface area contributed by atoms with Crippen molar-refractivity contribution < 1.29 is 26.4 Å². The van der Waals surface area contributed by atoms with E-state index in [1.807, 2.05) is 13.8 Å². The zero-order chi connectivity index (χ0) is 21.8. The maximum atomic E-state index is 12.6. The second kappa shape index (κ2) is 7.43. The molecule has 0 aliphatic carbocycles. The van der Waals surface area contributed by atoms with Crippen LogP contribution < -0.4 is 0 Å². The summed E-state index contributed by atoms with van der Waals surface area (Å²) in [5.74, 6) is -2.25. The van der Waals surface area contributed by atoms with Gasteiger partial charge in [0, 0.05) is 32.6 Å². The third-order valence-corrected chi connectivity index (χ3v) is 11.2. The van der Waals surface area contributed by atoms with Crippen molar-refractivity contribution in [2.75, 3.05) is 24.6 Å². The van der Waals surface area contributed by atoms with Crippen molar-refractivity contribution in [3.63, 3.8) is 0 Å². The van der Waals surface area contributed by atoms with E-state index in [9.17, 15) is 26.4 Å². The summed E-state index contributed by atoms with van der Waals surface area (Å²) >= 11 is 2.61. The Morgan fingerprint density at radius 3 is 1.43 bits per heavy atom. The summed E-state index contributed by atoms with van der Waals surface area (Å²) in [6.45, 7) is 3.59. The first-order valence-electron chi connectivity index (χ1n) is 9.14. The van der Waals surface area contributed by atoms with Crippen molar-refractivity contribution in [1.29, 1.82) is 0 Å². The van der Waals surface area contributed by atoms with Crippen LogP contribution in [0.3, 0.4) is 0 Å². The van der Waals surface area contributed by atoms with Crippen molar-refractivity contribution in [3.8, 4) is 0 Å². The zero-order valence-electron chi connectivity index (χ0n) is 16.3. The van der Waals surface area contributed by atoms with Gasteiger partial charge in [0.25, 0.3) is 0 Å². The van der Waals surface area contributed by atoms with Crippen LogP contribution in [0.1, 0.15) is 30.3 Å². The number of carbonyl (C=O) groups is 2. The lowest BCUT2D eigenvalue weighted by atomic mass is 10.3. The van der Waals surface area contributed by atoms with Crippen molar-refractivity contribution in [2.24, 2.45) is 0 Å². The van der Waals surface area contributed by atoms with Gasteiger partial charge in [-0.25, -0.2) is 16.8 Å². The summed E-state index contributed by atoms with van der Waals surface area (Å²) in [5, 5.41) is -2.19. The Hall–Kier alpha value is -1.76. The number of carbonyl (C=O) groups excluding carboxylic acids is 2. The van der Waals surface area contributed by atoms with Gasteiger partial charge in [-0.2, -0.15) is 0 Å². The molecule has 2 aromatic heterocycles. The van der Waals surface area contributed by atoms with Gasteiger partial charge in [-0.3, -0.25) is 9.59 Å². The van der Waals surface area contributed by atoms with Crippen molar-refractivity contribution in [1.82, 2.24) is 9.80 Å². The molecule has 2 aliphatic heterocycles.